The third kappa shape index (κ3) is 5.85. The summed E-state index contributed by atoms with van der Waals surface area (Å²) in [5.74, 6) is 0.685. The van der Waals surface area contributed by atoms with Gasteiger partial charge >= 0.3 is 0 Å². The summed E-state index contributed by atoms with van der Waals surface area (Å²) in [4.78, 5) is 15.2. The number of rotatable bonds is 6. The fourth-order valence-corrected chi connectivity index (χ4v) is 8.20. The Bertz CT molecular complexity index is 2740. The van der Waals surface area contributed by atoms with Crippen molar-refractivity contribution < 1.29 is 0 Å². The van der Waals surface area contributed by atoms with Gasteiger partial charge in [0, 0.05) is 22.3 Å². The molecular weight excluding hydrogens is 663 g/mol. The predicted octanol–water partition coefficient (Wildman–Crippen LogP) is 13.4. The first-order valence-corrected chi connectivity index (χ1v) is 18.6. The molecule has 0 amide bonds. The molecule has 10 rings (SSSR count). The van der Waals surface area contributed by atoms with E-state index in [9.17, 15) is 0 Å². The minimum absolute atomic E-state index is 0.685. The molecule has 0 radical (unpaired) electrons. The Morgan fingerprint density at radius 1 is 0.340 bits per heavy atom. The molecule has 0 aliphatic carbocycles. The van der Waals surface area contributed by atoms with E-state index in [1.54, 1.807) is 11.3 Å². The first kappa shape index (κ1) is 31.0. The zero-order valence-corrected chi connectivity index (χ0v) is 29.5. The van der Waals surface area contributed by atoms with Crippen molar-refractivity contribution in [3.8, 4) is 66.7 Å². The summed E-state index contributed by atoms with van der Waals surface area (Å²) in [6.45, 7) is 0. The van der Waals surface area contributed by atoms with E-state index in [1.807, 2.05) is 6.07 Å². The smallest absolute Gasteiger partial charge is 0.160 e. The van der Waals surface area contributed by atoms with E-state index in [0.29, 0.717) is 5.82 Å². The molecule has 4 heteroatoms. The average Bonchev–Trinajstić information content (AvgIpc) is 3.68. The van der Waals surface area contributed by atoms with Gasteiger partial charge in [-0.3, -0.25) is 0 Å². The minimum atomic E-state index is 0.685. The molecule has 0 saturated heterocycles. The van der Waals surface area contributed by atoms with Gasteiger partial charge in [-0.25, -0.2) is 15.0 Å². The first-order valence-electron chi connectivity index (χ1n) is 17.8. The van der Waals surface area contributed by atoms with Crippen LogP contribution in [0.15, 0.2) is 188 Å². The molecule has 2 heterocycles. The normalized spacial score (nSPS) is 11.4. The second-order valence-corrected chi connectivity index (χ2v) is 14.3. The summed E-state index contributed by atoms with van der Waals surface area (Å²) >= 11 is 1.71. The van der Waals surface area contributed by atoms with Crippen LogP contribution in [0.4, 0.5) is 0 Å². The highest BCUT2D eigenvalue weighted by molar-refractivity contribution is 7.21. The lowest BCUT2D eigenvalue weighted by molar-refractivity contribution is 1.18. The highest BCUT2D eigenvalue weighted by Crippen LogP contribution is 2.35. The molecule has 10 aromatic rings. The van der Waals surface area contributed by atoms with Crippen LogP contribution >= 0.6 is 11.3 Å². The van der Waals surface area contributed by atoms with Crippen molar-refractivity contribution in [2.24, 2.45) is 0 Å². The van der Waals surface area contributed by atoms with E-state index in [2.05, 4.69) is 182 Å². The molecule has 0 saturated carbocycles. The van der Waals surface area contributed by atoms with Crippen LogP contribution in [0.1, 0.15) is 0 Å². The van der Waals surface area contributed by atoms with Crippen LogP contribution in [0.2, 0.25) is 0 Å². The van der Waals surface area contributed by atoms with E-state index < -0.39 is 0 Å². The van der Waals surface area contributed by atoms with Crippen molar-refractivity contribution in [2.75, 3.05) is 0 Å². The molecule has 0 unspecified atom stereocenters. The Hall–Kier alpha value is -6.75. The molecule has 0 N–H and O–H groups in total. The largest absolute Gasteiger partial charge is 0.236 e. The van der Waals surface area contributed by atoms with Crippen molar-refractivity contribution in [3.05, 3.63) is 188 Å². The van der Waals surface area contributed by atoms with E-state index in [0.717, 1.165) is 44.2 Å². The van der Waals surface area contributed by atoms with Gasteiger partial charge in [0.25, 0.3) is 0 Å². The van der Waals surface area contributed by atoms with Crippen molar-refractivity contribution in [3.63, 3.8) is 0 Å². The number of para-hydroxylation sites is 1. The minimum Gasteiger partial charge on any atom is -0.236 e. The van der Waals surface area contributed by atoms with Gasteiger partial charge in [-0.1, -0.05) is 170 Å². The lowest BCUT2D eigenvalue weighted by Gasteiger charge is -2.12. The van der Waals surface area contributed by atoms with Gasteiger partial charge in [0.05, 0.1) is 21.6 Å². The molecule has 0 atom stereocenters. The van der Waals surface area contributed by atoms with Gasteiger partial charge in [0.2, 0.25) is 0 Å². The molecule has 0 bridgehead atoms. The second kappa shape index (κ2) is 13.1. The number of fused-ring (bicyclic) bond motifs is 3. The molecule has 3 nitrogen and oxygen atoms in total. The maximum Gasteiger partial charge on any atom is 0.160 e. The Morgan fingerprint density at radius 3 is 1.36 bits per heavy atom. The summed E-state index contributed by atoms with van der Waals surface area (Å²) in [7, 11) is 0. The SMILES string of the molecule is c1ccc2c(-c3ccc(-c4cc(-c5ccc(-c6cccc7ccccc67)cc5)nc(-c5ccc(-c6nc7ccccc7s6)cc5)n4)cc3)cccc2c1. The quantitative estimate of drug-likeness (QED) is 0.174. The Kier molecular flexibility index (Phi) is 7.67. The molecule has 53 heavy (non-hydrogen) atoms. The monoisotopic (exact) mass is 693 g/mol. The lowest BCUT2D eigenvalue weighted by atomic mass is 9.96. The predicted molar refractivity (Wildman–Crippen MR) is 223 cm³/mol. The molecule has 0 fully saturated rings. The zero-order chi connectivity index (χ0) is 35.1. The molecular formula is C49H31N3S. The highest BCUT2D eigenvalue weighted by Gasteiger charge is 2.14. The van der Waals surface area contributed by atoms with Gasteiger partial charge < -0.3 is 0 Å². The maximum atomic E-state index is 5.16. The molecule has 2 aromatic heterocycles. The summed E-state index contributed by atoms with van der Waals surface area (Å²) in [5, 5.41) is 5.97. The lowest BCUT2D eigenvalue weighted by Crippen LogP contribution is -1.96. The van der Waals surface area contributed by atoms with Crippen LogP contribution < -0.4 is 0 Å². The summed E-state index contributed by atoms with van der Waals surface area (Å²) in [6.07, 6.45) is 0. The highest BCUT2D eigenvalue weighted by atomic mass is 32.1. The fourth-order valence-electron chi connectivity index (χ4n) is 7.23. The Balaban J connectivity index is 1.05. The van der Waals surface area contributed by atoms with Crippen LogP contribution in [0, 0.1) is 0 Å². The number of hydrogen-bond acceptors (Lipinski definition) is 4. The summed E-state index contributed by atoms with van der Waals surface area (Å²) in [5.41, 5.74) is 11.7. The molecule has 0 aliphatic rings. The van der Waals surface area contributed by atoms with Crippen LogP contribution in [0.3, 0.4) is 0 Å². The molecule has 0 spiro atoms. The van der Waals surface area contributed by atoms with Crippen molar-refractivity contribution in [1.82, 2.24) is 15.0 Å². The van der Waals surface area contributed by atoms with Crippen molar-refractivity contribution in [2.45, 2.75) is 0 Å². The van der Waals surface area contributed by atoms with Gasteiger partial charge in [-0.15, -0.1) is 11.3 Å². The van der Waals surface area contributed by atoms with Crippen LogP contribution in [0.5, 0.6) is 0 Å². The first-order chi connectivity index (χ1) is 26.2. The average molecular weight is 694 g/mol. The van der Waals surface area contributed by atoms with E-state index in [1.165, 1.54) is 48.5 Å². The van der Waals surface area contributed by atoms with E-state index >= 15 is 0 Å². The van der Waals surface area contributed by atoms with E-state index in [4.69, 9.17) is 15.0 Å². The third-order valence-corrected chi connectivity index (χ3v) is 11.1. The molecule has 248 valence electrons. The Labute approximate surface area is 311 Å². The Morgan fingerprint density at radius 2 is 0.792 bits per heavy atom. The standard InChI is InChI=1S/C49H31N3S/c1-3-13-40-32(9-1)11-7-15-42(40)34-19-23-36(24-20-34)45-31-46(37-25-21-35(22-26-37)43-16-8-12-33-10-2-4-14-41(33)43)51-48(50-45)38-27-29-39(30-28-38)49-52-44-17-5-6-18-47(44)53-49/h1-31H. The third-order valence-electron chi connectivity index (χ3n) is 9.97. The maximum absolute atomic E-state index is 5.16. The fraction of sp³-hybridized carbons (Fsp3) is 0. The number of thiazole rings is 1. The molecule has 8 aromatic carbocycles. The van der Waals surface area contributed by atoms with Gasteiger partial charge in [-0.05, 0) is 62.0 Å². The van der Waals surface area contributed by atoms with Gasteiger partial charge in [-0.2, -0.15) is 0 Å². The summed E-state index contributed by atoms with van der Waals surface area (Å²) in [6, 6.07) is 66.4. The van der Waals surface area contributed by atoms with Crippen molar-refractivity contribution >= 4 is 43.1 Å². The number of benzene rings is 8. The van der Waals surface area contributed by atoms with Gasteiger partial charge in [0.1, 0.15) is 5.01 Å². The second-order valence-electron chi connectivity index (χ2n) is 13.2. The van der Waals surface area contributed by atoms with Crippen LogP contribution in [0.25, 0.3) is 98.5 Å². The summed E-state index contributed by atoms with van der Waals surface area (Å²) < 4.78 is 1.19. The number of aromatic nitrogens is 3. The van der Waals surface area contributed by atoms with Gasteiger partial charge in [0.15, 0.2) is 5.82 Å². The van der Waals surface area contributed by atoms with E-state index in [-0.39, 0.29) is 0 Å². The topological polar surface area (TPSA) is 38.7 Å². The number of nitrogens with zero attached hydrogens (tertiary/aromatic N) is 3. The van der Waals surface area contributed by atoms with Crippen molar-refractivity contribution in [1.29, 1.82) is 0 Å². The molecule has 0 aliphatic heterocycles. The number of hydrogen-bond donors (Lipinski definition) is 0. The van der Waals surface area contributed by atoms with Crippen LogP contribution in [-0.2, 0) is 0 Å². The zero-order valence-electron chi connectivity index (χ0n) is 28.6. The van der Waals surface area contributed by atoms with Crippen LogP contribution in [-0.4, -0.2) is 15.0 Å².